The summed E-state index contributed by atoms with van der Waals surface area (Å²) in [7, 11) is 1.93. The quantitative estimate of drug-likeness (QED) is 0.759. The number of carbonyl (C=O) groups is 1. The maximum atomic E-state index is 12.1. The largest absolute Gasteiger partial charge is 0.342 e. The lowest BCUT2D eigenvalue weighted by Crippen LogP contribution is -2.37. The van der Waals surface area contributed by atoms with Crippen LogP contribution in [-0.4, -0.2) is 29.6 Å². The molecule has 0 saturated heterocycles. The van der Waals surface area contributed by atoms with Crippen LogP contribution in [-0.2, 0) is 4.79 Å². The number of hydrogen-bond acceptors (Lipinski definition) is 2. The summed E-state index contributed by atoms with van der Waals surface area (Å²) >= 11 is 1.62. The lowest BCUT2D eigenvalue weighted by Gasteiger charge is -2.24. The monoisotopic (exact) mass is 263 g/mol. The number of hydrogen-bond donors (Lipinski definition) is 0. The van der Waals surface area contributed by atoms with E-state index in [1.165, 1.54) is 23.3 Å². The SMILES string of the molecule is Cc1ccc(SCC(=O)N(C)C(C)C2CC2)cc1. The van der Waals surface area contributed by atoms with Gasteiger partial charge in [-0.1, -0.05) is 17.7 Å². The first-order valence-corrected chi connectivity index (χ1v) is 7.51. The van der Waals surface area contributed by atoms with Gasteiger partial charge < -0.3 is 4.90 Å². The minimum Gasteiger partial charge on any atom is -0.342 e. The van der Waals surface area contributed by atoms with Crippen molar-refractivity contribution in [3.05, 3.63) is 29.8 Å². The molecular weight excluding hydrogens is 242 g/mol. The molecule has 0 heterocycles. The highest BCUT2D eigenvalue weighted by Crippen LogP contribution is 2.34. The molecule has 3 heteroatoms. The number of aryl methyl sites for hydroxylation is 1. The van der Waals surface area contributed by atoms with Gasteiger partial charge in [0.2, 0.25) is 5.91 Å². The maximum absolute atomic E-state index is 12.1. The number of nitrogens with zero attached hydrogens (tertiary/aromatic N) is 1. The Balaban J connectivity index is 1.81. The van der Waals surface area contributed by atoms with Gasteiger partial charge in [0, 0.05) is 18.0 Å². The Labute approximate surface area is 114 Å². The maximum Gasteiger partial charge on any atom is 0.232 e. The Morgan fingerprint density at radius 2 is 2.00 bits per heavy atom. The molecule has 1 aliphatic carbocycles. The number of amides is 1. The van der Waals surface area contributed by atoms with E-state index < -0.39 is 0 Å². The molecule has 1 unspecified atom stereocenters. The van der Waals surface area contributed by atoms with E-state index in [9.17, 15) is 4.79 Å². The molecule has 0 aliphatic heterocycles. The van der Waals surface area contributed by atoms with Gasteiger partial charge in [-0.15, -0.1) is 11.8 Å². The van der Waals surface area contributed by atoms with E-state index in [0.29, 0.717) is 11.8 Å². The summed E-state index contributed by atoms with van der Waals surface area (Å²) < 4.78 is 0. The third kappa shape index (κ3) is 3.52. The third-order valence-corrected chi connectivity index (χ3v) is 4.69. The zero-order chi connectivity index (χ0) is 13.1. The predicted octanol–water partition coefficient (Wildman–Crippen LogP) is 3.34. The van der Waals surface area contributed by atoms with E-state index in [1.54, 1.807) is 11.8 Å². The van der Waals surface area contributed by atoms with Crippen molar-refractivity contribution in [2.75, 3.05) is 12.8 Å². The summed E-state index contributed by atoms with van der Waals surface area (Å²) in [5.74, 6) is 1.51. The normalized spacial score (nSPS) is 16.4. The van der Waals surface area contributed by atoms with E-state index >= 15 is 0 Å². The molecule has 1 aliphatic rings. The number of rotatable bonds is 5. The van der Waals surface area contributed by atoms with E-state index in [4.69, 9.17) is 0 Å². The molecule has 0 bridgehead atoms. The van der Waals surface area contributed by atoms with E-state index in [1.807, 2.05) is 11.9 Å². The summed E-state index contributed by atoms with van der Waals surface area (Å²) in [5.41, 5.74) is 1.25. The van der Waals surface area contributed by atoms with Gasteiger partial charge in [-0.25, -0.2) is 0 Å². The van der Waals surface area contributed by atoms with Gasteiger partial charge in [0.15, 0.2) is 0 Å². The van der Waals surface area contributed by atoms with Crippen molar-refractivity contribution in [2.24, 2.45) is 5.92 Å². The first kappa shape index (κ1) is 13.5. The molecular formula is C15H21NOS. The topological polar surface area (TPSA) is 20.3 Å². The molecule has 0 N–H and O–H groups in total. The van der Waals surface area contributed by atoms with Gasteiger partial charge in [-0.2, -0.15) is 0 Å². The number of benzene rings is 1. The minimum absolute atomic E-state index is 0.236. The smallest absolute Gasteiger partial charge is 0.232 e. The third-order valence-electron chi connectivity index (χ3n) is 3.69. The van der Waals surface area contributed by atoms with Crippen LogP contribution in [0.4, 0.5) is 0 Å². The molecule has 18 heavy (non-hydrogen) atoms. The van der Waals surface area contributed by atoms with Crippen LogP contribution in [0.5, 0.6) is 0 Å². The van der Waals surface area contributed by atoms with Crippen LogP contribution in [0.1, 0.15) is 25.3 Å². The van der Waals surface area contributed by atoms with Crippen molar-refractivity contribution in [1.29, 1.82) is 0 Å². The van der Waals surface area contributed by atoms with Crippen LogP contribution >= 0.6 is 11.8 Å². The average Bonchev–Trinajstić information content (AvgIpc) is 3.20. The first-order chi connectivity index (χ1) is 8.58. The molecule has 1 aromatic carbocycles. The zero-order valence-corrected chi connectivity index (χ0v) is 12.2. The van der Waals surface area contributed by atoms with Crippen LogP contribution in [0.15, 0.2) is 29.2 Å². The summed E-state index contributed by atoms with van der Waals surface area (Å²) in [4.78, 5) is 15.1. The van der Waals surface area contributed by atoms with Crippen molar-refractivity contribution < 1.29 is 4.79 Å². The van der Waals surface area contributed by atoms with Crippen molar-refractivity contribution in [3.8, 4) is 0 Å². The molecule has 1 amide bonds. The molecule has 1 fully saturated rings. The van der Waals surface area contributed by atoms with Crippen molar-refractivity contribution in [3.63, 3.8) is 0 Å². The van der Waals surface area contributed by atoms with Gasteiger partial charge in [-0.3, -0.25) is 4.79 Å². The van der Waals surface area contributed by atoms with E-state index in [0.717, 1.165) is 5.92 Å². The Kier molecular flexibility index (Phi) is 4.33. The predicted molar refractivity (Wildman–Crippen MR) is 76.9 cm³/mol. The van der Waals surface area contributed by atoms with E-state index in [-0.39, 0.29) is 5.91 Å². The molecule has 0 spiro atoms. The Morgan fingerprint density at radius 1 is 1.39 bits per heavy atom. The minimum atomic E-state index is 0.236. The molecule has 1 aromatic rings. The molecule has 2 nitrogen and oxygen atoms in total. The summed E-state index contributed by atoms with van der Waals surface area (Å²) in [6.45, 7) is 4.23. The fourth-order valence-electron chi connectivity index (χ4n) is 2.00. The fourth-order valence-corrected chi connectivity index (χ4v) is 2.83. The van der Waals surface area contributed by atoms with Crippen LogP contribution < -0.4 is 0 Å². The van der Waals surface area contributed by atoms with Crippen LogP contribution in [0.2, 0.25) is 0 Å². The van der Waals surface area contributed by atoms with Crippen molar-refractivity contribution >= 4 is 17.7 Å². The van der Waals surface area contributed by atoms with Gasteiger partial charge in [0.05, 0.1) is 5.75 Å². The van der Waals surface area contributed by atoms with Gasteiger partial charge >= 0.3 is 0 Å². The van der Waals surface area contributed by atoms with Crippen molar-refractivity contribution in [1.82, 2.24) is 4.90 Å². The summed E-state index contributed by atoms with van der Waals surface area (Å²) in [6.07, 6.45) is 2.56. The fraction of sp³-hybridized carbons (Fsp3) is 0.533. The Bertz CT molecular complexity index is 411. The highest BCUT2D eigenvalue weighted by Gasteiger charge is 2.32. The first-order valence-electron chi connectivity index (χ1n) is 6.53. The second-order valence-corrected chi connectivity index (χ2v) is 6.23. The molecule has 0 aromatic heterocycles. The Hall–Kier alpha value is -0.960. The van der Waals surface area contributed by atoms with Crippen LogP contribution in [0.3, 0.4) is 0 Å². The summed E-state index contributed by atoms with van der Waals surface area (Å²) in [6, 6.07) is 8.73. The number of thioether (sulfide) groups is 1. The van der Waals surface area contributed by atoms with E-state index in [2.05, 4.69) is 38.1 Å². The van der Waals surface area contributed by atoms with Gasteiger partial charge in [0.25, 0.3) is 0 Å². The molecule has 1 saturated carbocycles. The average molecular weight is 263 g/mol. The second kappa shape index (κ2) is 5.79. The standard InChI is InChI=1S/C15H21NOS/c1-11-4-8-14(9-5-11)18-10-15(17)16(3)12(2)13-6-7-13/h4-5,8-9,12-13H,6-7,10H2,1-3H3. The number of carbonyl (C=O) groups excluding carboxylic acids is 1. The lowest BCUT2D eigenvalue weighted by atomic mass is 10.2. The van der Waals surface area contributed by atoms with Crippen LogP contribution in [0.25, 0.3) is 0 Å². The second-order valence-electron chi connectivity index (χ2n) is 5.18. The van der Waals surface area contributed by atoms with Crippen molar-refractivity contribution in [2.45, 2.75) is 37.6 Å². The lowest BCUT2D eigenvalue weighted by molar-refractivity contribution is -0.129. The summed E-state index contributed by atoms with van der Waals surface area (Å²) in [5, 5.41) is 0. The highest BCUT2D eigenvalue weighted by atomic mass is 32.2. The highest BCUT2D eigenvalue weighted by molar-refractivity contribution is 8.00. The van der Waals surface area contributed by atoms with Crippen LogP contribution in [0, 0.1) is 12.8 Å². The molecule has 1 atom stereocenters. The molecule has 2 rings (SSSR count). The molecule has 0 radical (unpaired) electrons. The zero-order valence-electron chi connectivity index (χ0n) is 11.3. The Morgan fingerprint density at radius 3 is 2.56 bits per heavy atom. The van der Waals surface area contributed by atoms with Gasteiger partial charge in [0.1, 0.15) is 0 Å². The molecule has 98 valence electrons. The van der Waals surface area contributed by atoms with Gasteiger partial charge in [-0.05, 0) is 44.7 Å².